The van der Waals surface area contributed by atoms with Gasteiger partial charge in [0, 0.05) is 5.56 Å². The summed E-state index contributed by atoms with van der Waals surface area (Å²) in [6.45, 7) is 6.34. The molecule has 0 spiro atoms. The zero-order valence-corrected chi connectivity index (χ0v) is 15.0. The van der Waals surface area contributed by atoms with Crippen LogP contribution in [-0.4, -0.2) is 63.9 Å². The van der Waals surface area contributed by atoms with Crippen LogP contribution in [0.4, 0.5) is 0 Å². The van der Waals surface area contributed by atoms with Gasteiger partial charge in [-0.05, 0) is 12.1 Å². The molecule has 2 rings (SSSR count). The molecule has 5 nitrogen and oxygen atoms in total. The normalized spacial score (nSPS) is 20.1. The van der Waals surface area contributed by atoms with Crippen LogP contribution in [0.15, 0.2) is 24.3 Å². The lowest BCUT2D eigenvalue weighted by atomic mass is 10.1. The summed E-state index contributed by atoms with van der Waals surface area (Å²) in [4.78, 5) is 15.2. The van der Waals surface area contributed by atoms with Crippen LogP contribution in [0.5, 0.6) is 5.75 Å². The minimum atomic E-state index is 0. The first-order valence-electron chi connectivity index (χ1n) is 7.68. The molecule has 3 N–H and O–H groups in total. The van der Waals surface area contributed by atoms with E-state index in [-0.39, 0.29) is 37.2 Å². The number of methoxy groups -OCH3 is 1. The number of quaternary nitrogens is 2. The Labute approximate surface area is 150 Å². The number of Topliss-reactive ketones (excluding diaryl/α,β-unsaturated/α-hetero) is 1. The lowest BCUT2D eigenvalue weighted by Crippen LogP contribution is -3.28. The van der Waals surface area contributed by atoms with Crippen molar-refractivity contribution in [1.82, 2.24) is 0 Å². The molecule has 0 aromatic heterocycles. The van der Waals surface area contributed by atoms with E-state index in [0.717, 1.165) is 50.6 Å². The Bertz CT molecular complexity index is 466. The Balaban J connectivity index is 0.00000242. The Morgan fingerprint density at radius 2 is 1.74 bits per heavy atom. The topological polar surface area (TPSA) is 55.4 Å². The number of halogens is 2. The number of benzene rings is 1. The minimum absolute atomic E-state index is 0. The fourth-order valence-corrected chi connectivity index (χ4v) is 2.85. The molecule has 0 atom stereocenters. The van der Waals surface area contributed by atoms with Crippen molar-refractivity contribution in [3.05, 3.63) is 29.8 Å². The van der Waals surface area contributed by atoms with Crippen LogP contribution in [0.25, 0.3) is 0 Å². The number of hydrogen-bond acceptors (Lipinski definition) is 3. The first-order chi connectivity index (χ1) is 10.2. The molecule has 0 aliphatic carbocycles. The van der Waals surface area contributed by atoms with Gasteiger partial charge in [0.2, 0.25) is 0 Å². The van der Waals surface area contributed by atoms with E-state index in [4.69, 9.17) is 9.84 Å². The summed E-state index contributed by atoms with van der Waals surface area (Å²) < 4.78 is 5.15. The number of ether oxygens (including phenoxy) is 1. The smallest absolute Gasteiger partial charge is 0.168 e. The van der Waals surface area contributed by atoms with Crippen molar-refractivity contribution in [3.63, 3.8) is 0 Å². The van der Waals surface area contributed by atoms with Crippen LogP contribution in [0.3, 0.4) is 0 Å². The summed E-state index contributed by atoms with van der Waals surface area (Å²) in [5, 5.41) is 8.95. The molecular weight excluding hydrogens is 339 g/mol. The Morgan fingerprint density at radius 3 is 2.30 bits per heavy atom. The molecule has 1 aliphatic heterocycles. The van der Waals surface area contributed by atoms with Gasteiger partial charge in [0.25, 0.3) is 0 Å². The standard InChI is InChI=1S/C16H24N2O3.2ClH/c1-21-15-4-2-3-14(13-15)16(20)5-6-17-7-9-18(10-8-17)11-12-19;;/h2-4,13,19H,5-12H2,1H3;2*1H. The fraction of sp³-hybridized carbons (Fsp3) is 0.562. The third kappa shape index (κ3) is 7.06. The minimum Gasteiger partial charge on any atom is -1.00 e. The predicted octanol–water partition coefficient (Wildman–Crippen LogP) is -7.95. The maximum atomic E-state index is 12.2. The van der Waals surface area contributed by atoms with E-state index in [1.807, 2.05) is 18.2 Å². The maximum absolute atomic E-state index is 12.2. The Kier molecular flexibility index (Phi) is 11.2. The number of aliphatic hydroxyl groups is 1. The van der Waals surface area contributed by atoms with Gasteiger partial charge in [0.05, 0.1) is 26.7 Å². The van der Waals surface area contributed by atoms with Gasteiger partial charge in [0.15, 0.2) is 5.78 Å². The van der Waals surface area contributed by atoms with Gasteiger partial charge < -0.3 is 44.5 Å². The van der Waals surface area contributed by atoms with Crippen molar-refractivity contribution in [2.75, 3.05) is 53.0 Å². The molecule has 132 valence electrons. The average molecular weight is 365 g/mol. The number of nitrogens with one attached hydrogen (secondary N) is 2. The van der Waals surface area contributed by atoms with Crippen molar-refractivity contribution in [3.8, 4) is 5.75 Å². The molecule has 7 heteroatoms. The molecule has 0 bridgehead atoms. The molecule has 23 heavy (non-hydrogen) atoms. The van der Waals surface area contributed by atoms with Crippen LogP contribution >= 0.6 is 0 Å². The van der Waals surface area contributed by atoms with Crippen molar-refractivity contribution in [2.24, 2.45) is 0 Å². The monoisotopic (exact) mass is 364 g/mol. The van der Waals surface area contributed by atoms with Gasteiger partial charge in [0.1, 0.15) is 38.5 Å². The molecule has 1 saturated heterocycles. The quantitative estimate of drug-likeness (QED) is 0.421. The predicted molar refractivity (Wildman–Crippen MR) is 80.2 cm³/mol. The first kappa shape index (κ1) is 22.1. The van der Waals surface area contributed by atoms with Gasteiger partial charge in [-0.1, -0.05) is 12.1 Å². The van der Waals surface area contributed by atoms with Crippen LogP contribution in [0, 0.1) is 0 Å². The largest absolute Gasteiger partial charge is 1.00 e. The molecule has 1 fully saturated rings. The average Bonchev–Trinajstić information content (AvgIpc) is 2.54. The summed E-state index contributed by atoms with van der Waals surface area (Å²) in [6, 6.07) is 7.37. The van der Waals surface area contributed by atoms with Gasteiger partial charge in [-0.2, -0.15) is 0 Å². The second-order valence-corrected chi connectivity index (χ2v) is 5.63. The highest BCUT2D eigenvalue weighted by Crippen LogP contribution is 2.13. The first-order valence-corrected chi connectivity index (χ1v) is 7.68. The maximum Gasteiger partial charge on any atom is 0.168 e. The van der Waals surface area contributed by atoms with E-state index in [1.165, 1.54) is 9.80 Å². The van der Waals surface area contributed by atoms with Crippen molar-refractivity contribution >= 4 is 5.78 Å². The van der Waals surface area contributed by atoms with E-state index >= 15 is 0 Å². The van der Waals surface area contributed by atoms with E-state index < -0.39 is 0 Å². The second-order valence-electron chi connectivity index (χ2n) is 5.63. The highest BCUT2D eigenvalue weighted by molar-refractivity contribution is 5.96. The lowest BCUT2D eigenvalue weighted by Gasteiger charge is -2.29. The molecule has 0 unspecified atom stereocenters. The van der Waals surface area contributed by atoms with Crippen LogP contribution in [-0.2, 0) is 0 Å². The van der Waals surface area contributed by atoms with Gasteiger partial charge in [-0.15, -0.1) is 0 Å². The number of rotatable bonds is 7. The number of carbonyl (C=O) groups excluding carboxylic acids is 1. The SMILES string of the molecule is COc1cccc(C(=O)CC[NH+]2CC[NH+](CCO)CC2)c1.[Cl-].[Cl-]. The summed E-state index contributed by atoms with van der Waals surface area (Å²) in [5.41, 5.74) is 0.735. The lowest BCUT2D eigenvalue weighted by molar-refractivity contribution is -1.01. The zero-order chi connectivity index (χ0) is 15.1. The molecule has 0 saturated carbocycles. The molecular formula is C16H26Cl2N2O3. The number of aliphatic hydroxyl groups excluding tert-OH is 1. The van der Waals surface area contributed by atoms with Crippen molar-refractivity contribution in [2.45, 2.75) is 6.42 Å². The van der Waals surface area contributed by atoms with Gasteiger partial charge in [-0.25, -0.2) is 0 Å². The van der Waals surface area contributed by atoms with Crippen LogP contribution in [0.1, 0.15) is 16.8 Å². The number of carbonyl (C=O) groups is 1. The molecule has 0 amide bonds. The van der Waals surface area contributed by atoms with E-state index in [1.54, 1.807) is 13.2 Å². The molecule has 1 heterocycles. The number of ketones is 1. The summed E-state index contributed by atoms with van der Waals surface area (Å²) in [5.74, 6) is 0.918. The highest BCUT2D eigenvalue weighted by Gasteiger charge is 2.22. The van der Waals surface area contributed by atoms with E-state index in [0.29, 0.717) is 6.42 Å². The zero-order valence-electron chi connectivity index (χ0n) is 13.5. The fourth-order valence-electron chi connectivity index (χ4n) is 2.85. The Morgan fingerprint density at radius 1 is 1.13 bits per heavy atom. The third-order valence-corrected chi connectivity index (χ3v) is 4.23. The van der Waals surface area contributed by atoms with E-state index in [2.05, 4.69) is 0 Å². The molecule has 1 aliphatic rings. The van der Waals surface area contributed by atoms with Crippen LogP contribution in [0.2, 0.25) is 0 Å². The van der Waals surface area contributed by atoms with Gasteiger partial charge in [-0.3, -0.25) is 4.79 Å². The summed E-state index contributed by atoms with van der Waals surface area (Å²) >= 11 is 0. The van der Waals surface area contributed by atoms with Crippen molar-refractivity contribution < 1.29 is 49.3 Å². The third-order valence-electron chi connectivity index (χ3n) is 4.23. The van der Waals surface area contributed by atoms with Gasteiger partial charge >= 0.3 is 0 Å². The Hall–Kier alpha value is -0.850. The van der Waals surface area contributed by atoms with Crippen LogP contribution < -0.4 is 39.4 Å². The summed E-state index contributed by atoms with van der Waals surface area (Å²) in [6.07, 6.45) is 0.581. The number of hydrogen-bond donors (Lipinski definition) is 3. The molecule has 1 aromatic carbocycles. The summed E-state index contributed by atoms with van der Waals surface area (Å²) in [7, 11) is 1.61. The number of piperazine rings is 1. The van der Waals surface area contributed by atoms with Crippen molar-refractivity contribution in [1.29, 1.82) is 0 Å². The van der Waals surface area contributed by atoms with E-state index in [9.17, 15) is 4.79 Å². The second kappa shape index (κ2) is 11.6. The molecule has 0 radical (unpaired) electrons. The highest BCUT2D eigenvalue weighted by atomic mass is 35.5. The molecule has 1 aromatic rings.